The van der Waals surface area contributed by atoms with Crippen LogP contribution in [0.4, 0.5) is 11.4 Å². The van der Waals surface area contributed by atoms with E-state index in [1.807, 2.05) is 18.2 Å². The van der Waals surface area contributed by atoms with Crippen molar-refractivity contribution in [1.29, 1.82) is 0 Å². The van der Waals surface area contributed by atoms with Crippen molar-refractivity contribution >= 4 is 21.4 Å². The maximum Gasteiger partial charge on any atom is 0.229 e. The van der Waals surface area contributed by atoms with E-state index in [1.54, 1.807) is 18.3 Å². The van der Waals surface area contributed by atoms with Crippen molar-refractivity contribution in [3.05, 3.63) is 42.6 Å². The molecular weight excluding hydrogens is 310 g/mol. The van der Waals surface area contributed by atoms with Gasteiger partial charge in [0.15, 0.2) is 0 Å². The fourth-order valence-electron chi connectivity index (χ4n) is 2.92. The average Bonchev–Trinajstić information content (AvgIpc) is 2.55. The van der Waals surface area contributed by atoms with Crippen LogP contribution in [-0.2, 0) is 10.0 Å². The molecule has 2 aromatic rings. The molecule has 0 spiro atoms. The third kappa shape index (κ3) is 4.01. The van der Waals surface area contributed by atoms with Gasteiger partial charge < -0.3 is 4.90 Å². The molecule has 0 unspecified atom stereocenters. The molecule has 0 bridgehead atoms. The van der Waals surface area contributed by atoms with E-state index in [0.717, 1.165) is 36.3 Å². The molecule has 6 heteroatoms. The molecule has 1 aromatic carbocycles. The fourth-order valence-corrected chi connectivity index (χ4v) is 3.48. The molecule has 1 aromatic heterocycles. The smallest absolute Gasteiger partial charge is 0.229 e. The number of benzene rings is 1. The van der Waals surface area contributed by atoms with Crippen molar-refractivity contribution in [3.8, 4) is 11.3 Å². The first-order valence-electron chi connectivity index (χ1n) is 7.81. The van der Waals surface area contributed by atoms with Crippen LogP contribution in [0.1, 0.15) is 19.3 Å². The molecule has 1 N–H and O–H groups in total. The summed E-state index contributed by atoms with van der Waals surface area (Å²) < 4.78 is 25.1. The van der Waals surface area contributed by atoms with Gasteiger partial charge in [-0.25, -0.2) is 8.42 Å². The van der Waals surface area contributed by atoms with Crippen LogP contribution < -0.4 is 9.62 Å². The van der Waals surface area contributed by atoms with Gasteiger partial charge in [-0.15, -0.1) is 0 Å². The zero-order valence-electron chi connectivity index (χ0n) is 13.2. The largest absolute Gasteiger partial charge is 0.370 e. The van der Waals surface area contributed by atoms with Crippen LogP contribution >= 0.6 is 0 Å². The van der Waals surface area contributed by atoms with Crippen molar-refractivity contribution < 1.29 is 8.42 Å². The highest BCUT2D eigenvalue weighted by Gasteiger charge is 2.16. The van der Waals surface area contributed by atoms with E-state index in [-0.39, 0.29) is 0 Å². The Bertz CT molecular complexity index is 767. The van der Waals surface area contributed by atoms with Crippen molar-refractivity contribution in [1.82, 2.24) is 4.98 Å². The third-order valence-electron chi connectivity index (χ3n) is 3.94. The lowest BCUT2D eigenvalue weighted by atomic mass is 10.1. The van der Waals surface area contributed by atoms with E-state index in [9.17, 15) is 8.42 Å². The summed E-state index contributed by atoms with van der Waals surface area (Å²) >= 11 is 0. The predicted octanol–water partition coefficient (Wildman–Crippen LogP) is 3.11. The topological polar surface area (TPSA) is 62.3 Å². The summed E-state index contributed by atoms with van der Waals surface area (Å²) in [4.78, 5) is 6.93. The molecule has 1 fully saturated rings. The minimum absolute atomic E-state index is 0.562. The number of hydrogen-bond donors (Lipinski definition) is 1. The molecule has 1 aliphatic heterocycles. The molecule has 0 amide bonds. The van der Waals surface area contributed by atoms with Gasteiger partial charge in [0.05, 0.1) is 17.6 Å². The van der Waals surface area contributed by atoms with Crippen molar-refractivity contribution in [2.24, 2.45) is 0 Å². The normalized spacial score (nSPS) is 15.4. The molecule has 3 rings (SSSR count). The van der Waals surface area contributed by atoms with Gasteiger partial charge in [0.1, 0.15) is 0 Å². The van der Waals surface area contributed by atoms with E-state index in [0.29, 0.717) is 5.69 Å². The highest BCUT2D eigenvalue weighted by molar-refractivity contribution is 7.92. The van der Waals surface area contributed by atoms with Gasteiger partial charge in [-0.2, -0.15) is 0 Å². The predicted molar refractivity (Wildman–Crippen MR) is 94.2 cm³/mol. The highest BCUT2D eigenvalue weighted by atomic mass is 32.2. The van der Waals surface area contributed by atoms with Crippen molar-refractivity contribution in [3.63, 3.8) is 0 Å². The van der Waals surface area contributed by atoms with Crippen LogP contribution in [0, 0.1) is 0 Å². The number of pyridine rings is 1. The fraction of sp³-hybridized carbons (Fsp3) is 0.353. The first-order valence-corrected chi connectivity index (χ1v) is 9.70. The van der Waals surface area contributed by atoms with E-state index in [1.165, 1.54) is 19.3 Å². The van der Waals surface area contributed by atoms with E-state index < -0.39 is 10.0 Å². The lowest BCUT2D eigenvalue weighted by Gasteiger charge is -2.30. The number of nitrogens with one attached hydrogen (secondary N) is 1. The monoisotopic (exact) mass is 331 g/mol. The van der Waals surface area contributed by atoms with Crippen molar-refractivity contribution in [2.75, 3.05) is 29.0 Å². The standard InChI is InChI=1S/C17H21N3O2S/c1-23(21,22)19-15-9-7-14(8-10-15)17-16(6-5-11-18-17)20-12-3-2-4-13-20/h5-11,19H,2-4,12-13H2,1H3. The second-order valence-electron chi connectivity index (χ2n) is 5.87. The number of nitrogens with zero attached hydrogens (tertiary/aromatic N) is 2. The highest BCUT2D eigenvalue weighted by Crippen LogP contribution is 2.31. The Kier molecular flexibility index (Phi) is 4.52. The van der Waals surface area contributed by atoms with Crippen LogP contribution in [0.5, 0.6) is 0 Å². The van der Waals surface area contributed by atoms with Crippen LogP contribution in [0.3, 0.4) is 0 Å². The Morgan fingerprint density at radius 3 is 2.39 bits per heavy atom. The first kappa shape index (κ1) is 15.8. The Morgan fingerprint density at radius 2 is 1.74 bits per heavy atom. The van der Waals surface area contributed by atoms with Gasteiger partial charge in [-0.3, -0.25) is 9.71 Å². The van der Waals surface area contributed by atoms with Crippen LogP contribution in [0.25, 0.3) is 11.3 Å². The summed E-state index contributed by atoms with van der Waals surface area (Å²) in [7, 11) is -3.25. The second-order valence-corrected chi connectivity index (χ2v) is 7.62. The summed E-state index contributed by atoms with van der Waals surface area (Å²) in [6.45, 7) is 2.12. The van der Waals surface area contributed by atoms with Gasteiger partial charge in [0, 0.05) is 30.5 Å². The lowest BCUT2D eigenvalue weighted by Crippen LogP contribution is -2.29. The first-order chi connectivity index (χ1) is 11.0. The molecule has 0 saturated carbocycles. The molecule has 1 aliphatic rings. The summed E-state index contributed by atoms with van der Waals surface area (Å²) in [5.74, 6) is 0. The molecule has 1 saturated heterocycles. The van der Waals surface area contributed by atoms with Gasteiger partial charge in [-0.1, -0.05) is 12.1 Å². The van der Waals surface area contributed by atoms with Crippen molar-refractivity contribution in [2.45, 2.75) is 19.3 Å². The summed E-state index contributed by atoms with van der Waals surface area (Å²) in [6.07, 6.45) is 6.66. The molecule has 23 heavy (non-hydrogen) atoms. The lowest BCUT2D eigenvalue weighted by molar-refractivity contribution is 0.578. The van der Waals surface area contributed by atoms with E-state index >= 15 is 0 Å². The zero-order chi connectivity index (χ0) is 16.3. The maximum atomic E-state index is 11.3. The summed E-state index contributed by atoms with van der Waals surface area (Å²) in [6, 6.07) is 11.4. The quantitative estimate of drug-likeness (QED) is 0.935. The molecule has 5 nitrogen and oxygen atoms in total. The summed E-state index contributed by atoms with van der Waals surface area (Å²) in [5.41, 5.74) is 3.65. The number of piperidine rings is 1. The molecule has 0 aliphatic carbocycles. The Balaban J connectivity index is 1.89. The minimum atomic E-state index is -3.25. The Morgan fingerprint density at radius 1 is 1.04 bits per heavy atom. The maximum absolute atomic E-state index is 11.3. The Hall–Kier alpha value is -2.08. The van der Waals surface area contributed by atoms with Crippen LogP contribution in [-0.4, -0.2) is 32.7 Å². The summed E-state index contributed by atoms with van der Waals surface area (Å²) in [5, 5.41) is 0. The number of rotatable bonds is 4. The minimum Gasteiger partial charge on any atom is -0.370 e. The average molecular weight is 331 g/mol. The van der Waals surface area contributed by atoms with Gasteiger partial charge in [0.2, 0.25) is 10.0 Å². The second kappa shape index (κ2) is 6.58. The number of sulfonamides is 1. The zero-order valence-corrected chi connectivity index (χ0v) is 14.0. The number of anilines is 2. The Labute approximate surface area is 137 Å². The molecule has 122 valence electrons. The van der Waals surface area contributed by atoms with Gasteiger partial charge in [0.25, 0.3) is 0 Å². The SMILES string of the molecule is CS(=O)(=O)Nc1ccc(-c2ncccc2N2CCCCC2)cc1. The number of hydrogen-bond acceptors (Lipinski definition) is 4. The molecular formula is C17H21N3O2S. The van der Waals surface area contributed by atoms with E-state index in [4.69, 9.17) is 0 Å². The molecule has 0 radical (unpaired) electrons. The van der Waals surface area contributed by atoms with Crippen LogP contribution in [0.15, 0.2) is 42.6 Å². The van der Waals surface area contributed by atoms with Gasteiger partial charge in [-0.05, 0) is 43.5 Å². The molecule has 0 atom stereocenters. The number of aromatic nitrogens is 1. The van der Waals surface area contributed by atoms with Crippen LogP contribution in [0.2, 0.25) is 0 Å². The molecule has 2 heterocycles. The third-order valence-corrected chi connectivity index (χ3v) is 4.55. The van der Waals surface area contributed by atoms with E-state index in [2.05, 4.69) is 20.7 Å². The van der Waals surface area contributed by atoms with Gasteiger partial charge >= 0.3 is 0 Å².